The van der Waals surface area contributed by atoms with Crippen LogP contribution in [0.4, 0.5) is 5.82 Å². The largest absolute Gasteiger partial charge is 0.460 e. The molecule has 9 heteroatoms. The average Bonchev–Trinajstić information content (AvgIpc) is 3.04. The summed E-state index contributed by atoms with van der Waals surface area (Å²) in [7, 11) is 0. The Morgan fingerprint density at radius 2 is 2.00 bits per heavy atom. The van der Waals surface area contributed by atoms with Crippen molar-refractivity contribution in [3.63, 3.8) is 0 Å². The molecule has 33 heavy (non-hydrogen) atoms. The SMILES string of the molecule is Cc1cc(C#N)c(-c2ccc3c(c2)CN(C(CCC(=O)OC(C)(C)C)C(N)=O)C3=O)nc1N. The summed E-state index contributed by atoms with van der Waals surface area (Å²) in [4.78, 5) is 42.9. The number of nitrogen functional groups attached to an aromatic ring is 1. The van der Waals surface area contributed by atoms with Gasteiger partial charge in [-0.25, -0.2) is 4.98 Å². The molecule has 0 saturated carbocycles. The van der Waals surface area contributed by atoms with E-state index < -0.39 is 23.5 Å². The van der Waals surface area contributed by atoms with Crippen molar-refractivity contribution in [1.82, 2.24) is 9.88 Å². The van der Waals surface area contributed by atoms with Crippen molar-refractivity contribution in [3.05, 3.63) is 46.5 Å². The third-order valence-corrected chi connectivity index (χ3v) is 5.33. The van der Waals surface area contributed by atoms with Gasteiger partial charge in [0.05, 0.1) is 11.3 Å². The quantitative estimate of drug-likeness (QED) is 0.642. The van der Waals surface area contributed by atoms with Gasteiger partial charge in [-0.3, -0.25) is 14.4 Å². The fraction of sp³-hybridized carbons (Fsp3) is 0.375. The van der Waals surface area contributed by atoms with Crippen molar-refractivity contribution in [2.24, 2.45) is 5.73 Å². The number of aromatic nitrogens is 1. The Morgan fingerprint density at radius 3 is 2.61 bits per heavy atom. The van der Waals surface area contributed by atoms with Crippen LogP contribution in [-0.4, -0.2) is 39.3 Å². The zero-order chi connectivity index (χ0) is 24.5. The number of ether oxygens (including phenoxy) is 1. The van der Waals surface area contributed by atoms with E-state index in [1.807, 2.05) is 0 Å². The molecule has 2 heterocycles. The highest BCUT2D eigenvalue weighted by atomic mass is 16.6. The highest BCUT2D eigenvalue weighted by Crippen LogP contribution is 2.32. The van der Waals surface area contributed by atoms with E-state index in [-0.39, 0.29) is 25.3 Å². The molecule has 0 aliphatic carbocycles. The van der Waals surface area contributed by atoms with Crippen molar-refractivity contribution in [2.45, 2.75) is 58.7 Å². The second kappa shape index (κ2) is 8.90. The number of pyridine rings is 1. The van der Waals surface area contributed by atoms with Gasteiger partial charge in [0.15, 0.2) is 0 Å². The fourth-order valence-corrected chi connectivity index (χ4v) is 3.77. The van der Waals surface area contributed by atoms with Crippen LogP contribution in [0.5, 0.6) is 0 Å². The van der Waals surface area contributed by atoms with E-state index in [2.05, 4.69) is 11.1 Å². The molecule has 2 amide bonds. The Kier molecular flexibility index (Phi) is 6.40. The van der Waals surface area contributed by atoms with E-state index in [0.29, 0.717) is 39.3 Å². The van der Waals surface area contributed by atoms with Crippen LogP contribution in [-0.2, 0) is 20.9 Å². The zero-order valence-corrected chi connectivity index (χ0v) is 19.1. The van der Waals surface area contributed by atoms with Gasteiger partial charge >= 0.3 is 5.97 Å². The molecule has 0 bridgehead atoms. The number of carbonyl (C=O) groups is 3. The maximum absolute atomic E-state index is 13.0. The van der Waals surface area contributed by atoms with E-state index in [9.17, 15) is 19.6 Å². The first-order valence-electron chi connectivity index (χ1n) is 10.5. The molecule has 172 valence electrons. The van der Waals surface area contributed by atoms with Crippen LogP contribution in [0, 0.1) is 18.3 Å². The lowest BCUT2D eigenvalue weighted by Crippen LogP contribution is -2.45. The highest BCUT2D eigenvalue weighted by Gasteiger charge is 2.36. The van der Waals surface area contributed by atoms with Gasteiger partial charge in [-0.1, -0.05) is 6.07 Å². The topological polar surface area (TPSA) is 152 Å². The minimum Gasteiger partial charge on any atom is -0.460 e. The van der Waals surface area contributed by atoms with Crippen molar-refractivity contribution in [1.29, 1.82) is 5.26 Å². The van der Waals surface area contributed by atoms with Gasteiger partial charge in [-0.05, 0) is 63.4 Å². The van der Waals surface area contributed by atoms with Crippen molar-refractivity contribution in [3.8, 4) is 17.3 Å². The smallest absolute Gasteiger partial charge is 0.306 e. The molecule has 0 spiro atoms. The number of esters is 1. The molecule has 2 aromatic rings. The average molecular weight is 450 g/mol. The van der Waals surface area contributed by atoms with Gasteiger partial charge in [0.25, 0.3) is 5.91 Å². The number of primary amides is 1. The Balaban J connectivity index is 1.85. The number of fused-ring (bicyclic) bond motifs is 1. The van der Waals surface area contributed by atoms with Crippen LogP contribution in [0.2, 0.25) is 0 Å². The number of nitrogens with zero attached hydrogens (tertiary/aromatic N) is 3. The number of nitriles is 1. The van der Waals surface area contributed by atoms with E-state index in [4.69, 9.17) is 16.2 Å². The molecule has 4 N–H and O–H groups in total. The van der Waals surface area contributed by atoms with Crippen LogP contribution in [0.15, 0.2) is 24.3 Å². The Bertz CT molecular complexity index is 1180. The second-order valence-corrected chi connectivity index (χ2v) is 9.05. The van der Waals surface area contributed by atoms with Crippen LogP contribution in [0.25, 0.3) is 11.3 Å². The first kappa shape index (κ1) is 23.7. The molecular weight excluding hydrogens is 422 g/mol. The Labute approximate surface area is 192 Å². The number of rotatable bonds is 6. The minimum absolute atomic E-state index is 0.0473. The normalized spacial score (nSPS) is 13.9. The fourth-order valence-electron chi connectivity index (χ4n) is 3.77. The van der Waals surface area contributed by atoms with Gasteiger partial charge in [0, 0.05) is 24.1 Å². The van der Waals surface area contributed by atoms with Crippen LogP contribution in [0.1, 0.15) is 60.7 Å². The number of anilines is 1. The number of carbonyl (C=O) groups excluding carboxylic acids is 3. The standard InChI is InChI=1S/C24H27N5O4/c1-13-9-15(11-25)20(28-21(13)26)14-5-6-17-16(10-14)12-29(23(17)32)18(22(27)31)7-8-19(30)33-24(2,3)4/h5-6,9-10,18H,7-8,12H2,1-4H3,(H2,26,28)(H2,27,31). The number of hydrogen-bond acceptors (Lipinski definition) is 7. The molecule has 3 rings (SSSR count). The summed E-state index contributed by atoms with van der Waals surface area (Å²) in [5.74, 6) is -1.19. The summed E-state index contributed by atoms with van der Waals surface area (Å²) >= 11 is 0. The van der Waals surface area contributed by atoms with Crippen molar-refractivity contribution in [2.75, 3.05) is 5.73 Å². The van der Waals surface area contributed by atoms with Gasteiger partial charge < -0.3 is 21.1 Å². The molecule has 1 unspecified atom stereocenters. The summed E-state index contributed by atoms with van der Waals surface area (Å²) in [5.41, 5.74) is 14.1. The second-order valence-electron chi connectivity index (χ2n) is 9.05. The molecule has 1 aliphatic heterocycles. The lowest BCUT2D eigenvalue weighted by molar-refractivity contribution is -0.155. The third kappa shape index (κ3) is 5.12. The van der Waals surface area contributed by atoms with Gasteiger partial charge in [0.1, 0.15) is 23.5 Å². The molecule has 9 nitrogen and oxygen atoms in total. The summed E-state index contributed by atoms with van der Waals surface area (Å²) < 4.78 is 5.29. The number of amides is 2. The predicted molar refractivity (Wildman–Crippen MR) is 121 cm³/mol. The molecule has 1 atom stereocenters. The zero-order valence-electron chi connectivity index (χ0n) is 19.1. The van der Waals surface area contributed by atoms with Crippen LogP contribution >= 0.6 is 0 Å². The summed E-state index contributed by atoms with van der Waals surface area (Å²) in [5, 5.41) is 9.50. The molecule has 0 saturated heterocycles. The Morgan fingerprint density at radius 1 is 1.30 bits per heavy atom. The maximum atomic E-state index is 13.0. The summed E-state index contributed by atoms with van der Waals surface area (Å²) in [6, 6.07) is 7.93. The Hall–Kier alpha value is -3.93. The lowest BCUT2D eigenvalue weighted by Gasteiger charge is -2.25. The van der Waals surface area contributed by atoms with Crippen molar-refractivity contribution >= 4 is 23.6 Å². The summed E-state index contributed by atoms with van der Waals surface area (Å²) in [6.45, 7) is 7.18. The van der Waals surface area contributed by atoms with Crippen LogP contribution < -0.4 is 11.5 Å². The van der Waals surface area contributed by atoms with Crippen molar-refractivity contribution < 1.29 is 19.1 Å². The van der Waals surface area contributed by atoms with Gasteiger partial charge in [-0.2, -0.15) is 5.26 Å². The van der Waals surface area contributed by atoms with E-state index >= 15 is 0 Å². The number of hydrogen-bond donors (Lipinski definition) is 2. The first-order chi connectivity index (χ1) is 15.4. The van der Waals surface area contributed by atoms with E-state index in [0.717, 1.165) is 0 Å². The molecular formula is C24H27N5O4. The van der Waals surface area contributed by atoms with E-state index in [1.54, 1.807) is 52.0 Å². The predicted octanol–water partition coefficient (Wildman–Crippen LogP) is 2.44. The number of aryl methyl sites for hydroxylation is 1. The summed E-state index contributed by atoms with van der Waals surface area (Å²) in [6.07, 6.45) is 0.0137. The monoisotopic (exact) mass is 449 g/mol. The number of nitrogens with two attached hydrogens (primary N) is 2. The first-order valence-corrected chi connectivity index (χ1v) is 10.5. The van der Waals surface area contributed by atoms with Gasteiger partial charge in [0.2, 0.25) is 5.91 Å². The molecule has 1 aliphatic rings. The maximum Gasteiger partial charge on any atom is 0.306 e. The minimum atomic E-state index is -0.955. The molecule has 1 aromatic carbocycles. The molecule has 0 fully saturated rings. The highest BCUT2D eigenvalue weighted by molar-refractivity contribution is 6.01. The third-order valence-electron chi connectivity index (χ3n) is 5.33. The van der Waals surface area contributed by atoms with Crippen LogP contribution in [0.3, 0.4) is 0 Å². The lowest BCUT2D eigenvalue weighted by atomic mass is 10.0. The molecule has 1 aromatic heterocycles. The number of benzene rings is 1. The molecule has 0 radical (unpaired) electrons. The van der Waals surface area contributed by atoms with E-state index in [1.165, 1.54) is 4.90 Å². The van der Waals surface area contributed by atoms with Gasteiger partial charge in [-0.15, -0.1) is 0 Å².